The molecule has 18 heavy (non-hydrogen) atoms. The third-order valence-corrected chi connectivity index (χ3v) is 2.88. The Morgan fingerprint density at radius 1 is 1.56 bits per heavy atom. The molecule has 0 unspecified atom stereocenters. The van der Waals surface area contributed by atoms with Gasteiger partial charge in [-0.1, -0.05) is 0 Å². The second-order valence-corrected chi connectivity index (χ2v) is 4.31. The number of anilines is 1. The molecular weight excluding hydrogens is 234 g/mol. The van der Waals surface area contributed by atoms with E-state index >= 15 is 0 Å². The molecule has 5 N–H and O–H groups in total. The minimum Gasteiger partial charge on any atom is -0.365 e. The number of carbonyl (C=O) groups excluding carboxylic acids is 1. The summed E-state index contributed by atoms with van der Waals surface area (Å²) in [5, 5.41) is 6.23. The standard InChI is InChI=1S/C11H17N5O2/c1-7-2-4-9(18-7)11(17)14-8-3-5-10(15-12)16(13)6-8/h3,5-7,9H,2,4,12-13H2,1H3,(H,14,17)/b15-10-/t7-,9-/m1/s1. The number of nitrogen functional groups attached to an aromatic ring is 1. The van der Waals surface area contributed by atoms with Gasteiger partial charge in [0.05, 0.1) is 18.0 Å². The summed E-state index contributed by atoms with van der Waals surface area (Å²) in [6, 6.07) is 3.30. The lowest BCUT2D eigenvalue weighted by Gasteiger charge is -2.12. The van der Waals surface area contributed by atoms with Crippen molar-refractivity contribution in [2.45, 2.75) is 32.0 Å². The van der Waals surface area contributed by atoms with E-state index in [4.69, 9.17) is 16.4 Å². The maximum Gasteiger partial charge on any atom is 0.253 e. The maximum atomic E-state index is 11.9. The average Bonchev–Trinajstić information content (AvgIpc) is 2.76. The Balaban J connectivity index is 2.05. The number of aromatic nitrogens is 1. The van der Waals surface area contributed by atoms with Gasteiger partial charge in [-0.25, -0.2) is 4.68 Å². The molecular formula is C11H17N5O2. The zero-order valence-corrected chi connectivity index (χ0v) is 10.2. The van der Waals surface area contributed by atoms with Crippen LogP contribution in [0.15, 0.2) is 23.4 Å². The highest BCUT2D eigenvalue weighted by Gasteiger charge is 2.28. The fraction of sp³-hybridized carbons (Fsp3) is 0.455. The zero-order valence-electron chi connectivity index (χ0n) is 10.2. The summed E-state index contributed by atoms with van der Waals surface area (Å²) in [6.07, 6.45) is 2.94. The quantitative estimate of drug-likeness (QED) is 0.485. The SMILES string of the molecule is C[C@@H]1CC[C@H](C(=O)Nc2cc/c(=N/N)n(N)c2)O1. The van der Waals surface area contributed by atoms with E-state index in [0.717, 1.165) is 12.8 Å². The number of carbonyl (C=O) groups is 1. The average molecular weight is 251 g/mol. The Morgan fingerprint density at radius 2 is 2.33 bits per heavy atom. The Labute approximate surface area is 104 Å². The van der Waals surface area contributed by atoms with Crippen LogP contribution in [0.25, 0.3) is 0 Å². The van der Waals surface area contributed by atoms with Gasteiger partial charge in [0.15, 0.2) is 5.49 Å². The van der Waals surface area contributed by atoms with Crippen LogP contribution >= 0.6 is 0 Å². The summed E-state index contributed by atoms with van der Waals surface area (Å²) in [7, 11) is 0. The largest absolute Gasteiger partial charge is 0.365 e. The minimum absolute atomic E-state index is 0.138. The first kappa shape index (κ1) is 12.4. The van der Waals surface area contributed by atoms with Gasteiger partial charge in [0.25, 0.3) is 5.91 Å². The van der Waals surface area contributed by atoms with E-state index in [2.05, 4.69) is 10.4 Å². The molecule has 2 rings (SSSR count). The molecule has 7 heteroatoms. The summed E-state index contributed by atoms with van der Waals surface area (Å²) in [6.45, 7) is 1.96. The van der Waals surface area contributed by atoms with Gasteiger partial charge in [0.1, 0.15) is 6.10 Å². The molecule has 1 amide bonds. The van der Waals surface area contributed by atoms with Crippen molar-refractivity contribution in [2.75, 3.05) is 11.2 Å². The molecule has 0 spiro atoms. The molecule has 98 valence electrons. The van der Waals surface area contributed by atoms with Gasteiger partial charge >= 0.3 is 0 Å². The van der Waals surface area contributed by atoms with Crippen LogP contribution in [0, 0.1) is 0 Å². The molecule has 1 aliphatic heterocycles. The molecule has 1 aliphatic rings. The van der Waals surface area contributed by atoms with Crippen LogP contribution < -0.4 is 22.5 Å². The summed E-state index contributed by atoms with van der Waals surface area (Å²) >= 11 is 0. The fourth-order valence-electron chi connectivity index (χ4n) is 1.91. The summed E-state index contributed by atoms with van der Waals surface area (Å²) in [4.78, 5) is 11.9. The van der Waals surface area contributed by atoms with Gasteiger partial charge in [-0.15, -0.1) is 0 Å². The van der Waals surface area contributed by atoms with Gasteiger partial charge in [0.2, 0.25) is 0 Å². The molecule has 2 heterocycles. The maximum absolute atomic E-state index is 11.9. The molecule has 0 aromatic carbocycles. The third-order valence-electron chi connectivity index (χ3n) is 2.88. The first-order chi connectivity index (χ1) is 8.60. The highest BCUT2D eigenvalue weighted by molar-refractivity contribution is 5.94. The first-order valence-electron chi connectivity index (χ1n) is 5.78. The van der Waals surface area contributed by atoms with Crippen molar-refractivity contribution in [3.8, 4) is 0 Å². The number of nitrogens with zero attached hydrogens (tertiary/aromatic N) is 2. The van der Waals surface area contributed by atoms with E-state index < -0.39 is 0 Å². The first-order valence-corrected chi connectivity index (χ1v) is 5.78. The Kier molecular flexibility index (Phi) is 3.52. The summed E-state index contributed by atoms with van der Waals surface area (Å²) < 4.78 is 6.73. The topological polar surface area (TPSA) is 108 Å². The molecule has 1 saturated heterocycles. The molecule has 0 saturated carbocycles. The molecule has 0 bridgehead atoms. The number of rotatable bonds is 2. The number of nitrogens with two attached hydrogens (primary N) is 2. The monoisotopic (exact) mass is 251 g/mol. The molecule has 1 aromatic heterocycles. The van der Waals surface area contributed by atoms with Crippen LogP contribution in [0.5, 0.6) is 0 Å². The highest BCUT2D eigenvalue weighted by Crippen LogP contribution is 2.20. The molecule has 7 nitrogen and oxygen atoms in total. The third kappa shape index (κ3) is 2.62. The molecule has 0 radical (unpaired) electrons. The predicted octanol–water partition coefficient (Wildman–Crippen LogP) is -0.518. The van der Waals surface area contributed by atoms with Gasteiger partial charge < -0.3 is 21.7 Å². The molecule has 1 aromatic rings. The number of hydrogen-bond donors (Lipinski definition) is 3. The van der Waals surface area contributed by atoms with Crippen molar-refractivity contribution in [3.05, 3.63) is 23.8 Å². The Hall–Kier alpha value is -2.02. The second-order valence-electron chi connectivity index (χ2n) is 4.31. The number of amides is 1. The second kappa shape index (κ2) is 5.09. The molecule has 2 atom stereocenters. The van der Waals surface area contributed by atoms with Crippen LogP contribution in [0.2, 0.25) is 0 Å². The van der Waals surface area contributed by atoms with Gasteiger partial charge in [0, 0.05) is 0 Å². The number of ether oxygens (including phenoxy) is 1. The number of hydrogen-bond acceptors (Lipinski definition) is 5. The molecule has 0 aliphatic carbocycles. The Bertz CT molecular complexity index is 510. The number of pyridine rings is 1. The minimum atomic E-state index is -0.384. The van der Waals surface area contributed by atoms with Crippen molar-refractivity contribution in [2.24, 2.45) is 10.9 Å². The van der Waals surface area contributed by atoms with Crippen LogP contribution in [-0.4, -0.2) is 22.8 Å². The van der Waals surface area contributed by atoms with Gasteiger partial charge in [-0.2, -0.15) is 5.10 Å². The van der Waals surface area contributed by atoms with E-state index in [1.165, 1.54) is 4.68 Å². The van der Waals surface area contributed by atoms with Crippen molar-refractivity contribution in [3.63, 3.8) is 0 Å². The molecule has 1 fully saturated rings. The van der Waals surface area contributed by atoms with E-state index in [1.807, 2.05) is 6.92 Å². The van der Waals surface area contributed by atoms with Crippen molar-refractivity contribution in [1.29, 1.82) is 0 Å². The summed E-state index contributed by atoms with van der Waals surface area (Å²) in [5.41, 5.74) is 0.997. The lowest BCUT2D eigenvalue weighted by Crippen LogP contribution is -2.31. The van der Waals surface area contributed by atoms with E-state index in [-0.39, 0.29) is 18.1 Å². The Morgan fingerprint density at radius 3 is 2.89 bits per heavy atom. The van der Waals surface area contributed by atoms with Crippen LogP contribution in [0.3, 0.4) is 0 Å². The number of nitrogens with one attached hydrogen (secondary N) is 1. The van der Waals surface area contributed by atoms with Crippen LogP contribution in [-0.2, 0) is 9.53 Å². The van der Waals surface area contributed by atoms with E-state index in [9.17, 15) is 4.79 Å². The van der Waals surface area contributed by atoms with Crippen molar-refractivity contribution < 1.29 is 9.53 Å². The van der Waals surface area contributed by atoms with Crippen LogP contribution in [0.4, 0.5) is 5.69 Å². The summed E-state index contributed by atoms with van der Waals surface area (Å²) in [5.74, 6) is 10.6. The lowest BCUT2D eigenvalue weighted by molar-refractivity contribution is -0.126. The van der Waals surface area contributed by atoms with Crippen LogP contribution in [0.1, 0.15) is 19.8 Å². The van der Waals surface area contributed by atoms with E-state index in [0.29, 0.717) is 11.2 Å². The van der Waals surface area contributed by atoms with Gasteiger partial charge in [-0.05, 0) is 31.9 Å². The fourth-order valence-corrected chi connectivity index (χ4v) is 1.91. The van der Waals surface area contributed by atoms with Crippen molar-refractivity contribution in [1.82, 2.24) is 4.68 Å². The van der Waals surface area contributed by atoms with Gasteiger partial charge in [-0.3, -0.25) is 4.79 Å². The normalized spacial score (nSPS) is 24.2. The van der Waals surface area contributed by atoms with E-state index in [1.54, 1.807) is 18.3 Å². The highest BCUT2D eigenvalue weighted by atomic mass is 16.5. The smallest absolute Gasteiger partial charge is 0.253 e. The lowest BCUT2D eigenvalue weighted by atomic mass is 10.2. The zero-order chi connectivity index (χ0) is 13.1. The predicted molar refractivity (Wildman–Crippen MR) is 66.5 cm³/mol. The van der Waals surface area contributed by atoms with Crippen molar-refractivity contribution >= 4 is 11.6 Å².